The second-order valence-corrected chi connectivity index (χ2v) is 9.69. The van der Waals surface area contributed by atoms with E-state index >= 15 is 0 Å². The highest BCUT2D eigenvalue weighted by molar-refractivity contribution is 7.91. The van der Waals surface area contributed by atoms with Gasteiger partial charge in [-0.3, -0.25) is 4.79 Å². The molecule has 3 rings (SSSR count). The summed E-state index contributed by atoms with van der Waals surface area (Å²) in [7, 11) is -2.73. The number of carbonyl (C=O) groups excluding carboxylic acids is 1. The van der Waals surface area contributed by atoms with Crippen molar-refractivity contribution in [2.45, 2.75) is 37.5 Å². The molecule has 190 valence electrons. The van der Waals surface area contributed by atoms with Crippen LogP contribution in [0.4, 0.5) is 32.0 Å². The van der Waals surface area contributed by atoms with E-state index < -0.39 is 56.7 Å². The van der Waals surface area contributed by atoms with E-state index in [0.29, 0.717) is 11.0 Å². The van der Waals surface area contributed by atoms with E-state index in [-0.39, 0.29) is 29.0 Å². The number of fused-ring (bicyclic) bond motifs is 1. The average molecular weight is 523 g/mol. The van der Waals surface area contributed by atoms with Gasteiger partial charge in [-0.05, 0) is 12.1 Å². The number of anilines is 1. The number of aryl methyl sites for hydroxylation is 1. The minimum absolute atomic E-state index is 0.138. The molecular weight excluding hydrogens is 504 g/mol. The largest absolute Gasteiger partial charge is 0.433 e. The first-order valence-corrected chi connectivity index (χ1v) is 11.7. The number of sulfone groups is 1. The summed E-state index contributed by atoms with van der Waals surface area (Å²) in [4.78, 5) is 23.5. The van der Waals surface area contributed by atoms with Crippen molar-refractivity contribution in [1.29, 1.82) is 0 Å². The van der Waals surface area contributed by atoms with Crippen molar-refractivity contribution in [3.8, 4) is 11.5 Å². The molecular formula is C20H19F6N5O3S. The van der Waals surface area contributed by atoms with E-state index in [1.54, 1.807) is 0 Å². The molecule has 0 spiro atoms. The molecule has 0 N–H and O–H groups in total. The van der Waals surface area contributed by atoms with Crippen LogP contribution in [0.2, 0.25) is 0 Å². The Morgan fingerprint density at radius 2 is 1.71 bits per heavy atom. The third-order valence-electron chi connectivity index (χ3n) is 5.08. The van der Waals surface area contributed by atoms with Crippen LogP contribution in [0.25, 0.3) is 22.6 Å². The molecule has 15 heteroatoms. The van der Waals surface area contributed by atoms with Gasteiger partial charge in [0.2, 0.25) is 5.91 Å². The zero-order chi connectivity index (χ0) is 26.3. The summed E-state index contributed by atoms with van der Waals surface area (Å²) in [5.41, 5.74) is -1.90. The van der Waals surface area contributed by atoms with Crippen molar-refractivity contribution in [2.75, 3.05) is 17.2 Å². The molecule has 0 fully saturated rings. The van der Waals surface area contributed by atoms with E-state index in [9.17, 15) is 39.6 Å². The quantitative estimate of drug-likeness (QED) is 0.451. The van der Waals surface area contributed by atoms with Crippen LogP contribution in [0.3, 0.4) is 0 Å². The van der Waals surface area contributed by atoms with Crippen LogP contribution in [-0.4, -0.2) is 52.3 Å². The van der Waals surface area contributed by atoms with Crippen LogP contribution in [-0.2, 0) is 27.9 Å². The zero-order valence-corrected chi connectivity index (χ0v) is 19.4. The Labute approximate surface area is 195 Å². The first kappa shape index (κ1) is 26.4. The third-order valence-corrected chi connectivity index (χ3v) is 6.82. The van der Waals surface area contributed by atoms with E-state index in [2.05, 4.69) is 15.0 Å². The van der Waals surface area contributed by atoms with Gasteiger partial charge in [-0.25, -0.2) is 23.4 Å². The van der Waals surface area contributed by atoms with Crippen molar-refractivity contribution in [3.05, 3.63) is 30.2 Å². The van der Waals surface area contributed by atoms with E-state index in [1.807, 2.05) is 0 Å². The lowest BCUT2D eigenvalue weighted by Gasteiger charge is -2.24. The van der Waals surface area contributed by atoms with Gasteiger partial charge in [0.15, 0.2) is 15.7 Å². The standard InChI is InChI=1S/C20H19F6N5O3S/c1-4-16(32)31(10-19(21,22)23)11-6-14(35(33,34)5-2)17(28-8-11)18-29-12-7-15(20(24,25)26)27-9-13(12)30(18)3/h6-9H,4-5,10H2,1-3H3. The van der Waals surface area contributed by atoms with Crippen LogP contribution in [0.15, 0.2) is 29.4 Å². The molecule has 3 aromatic heterocycles. The lowest BCUT2D eigenvalue weighted by atomic mass is 10.2. The Balaban J connectivity index is 2.25. The Morgan fingerprint density at radius 3 is 2.26 bits per heavy atom. The maximum Gasteiger partial charge on any atom is 0.433 e. The Morgan fingerprint density at radius 1 is 1.06 bits per heavy atom. The van der Waals surface area contributed by atoms with Gasteiger partial charge in [0.1, 0.15) is 17.9 Å². The normalized spacial score (nSPS) is 12.8. The smallest absolute Gasteiger partial charge is 0.324 e. The monoisotopic (exact) mass is 523 g/mol. The summed E-state index contributed by atoms with van der Waals surface area (Å²) in [6, 6.07) is 1.57. The molecule has 0 aliphatic heterocycles. The second kappa shape index (κ2) is 9.09. The summed E-state index contributed by atoms with van der Waals surface area (Å²) in [6.45, 7) is 0.981. The van der Waals surface area contributed by atoms with Crippen LogP contribution in [0.5, 0.6) is 0 Å². The van der Waals surface area contributed by atoms with E-state index in [1.165, 1.54) is 25.5 Å². The number of hydrogen-bond acceptors (Lipinski definition) is 6. The van der Waals surface area contributed by atoms with Crippen LogP contribution in [0.1, 0.15) is 26.0 Å². The van der Waals surface area contributed by atoms with Gasteiger partial charge in [-0.2, -0.15) is 26.3 Å². The first-order valence-electron chi connectivity index (χ1n) is 10.1. The average Bonchev–Trinajstić information content (AvgIpc) is 3.11. The van der Waals surface area contributed by atoms with Crippen LogP contribution < -0.4 is 4.90 Å². The number of hydrogen-bond donors (Lipinski definition) is 0. The number of rotatable bonds is 6. The van der Waals surface area contributed by atoms with Gasteiger partial charge in [0, 0.05) is 13.5 Å². The molecule has 0 radical (unpaired) electrons. The SMILES string of the molecule is CCC(=O)N(CC(F)(F)F)c1cnc(-c2nc3cc(C(F)(F)F)ncc3n2C)c(S(=O)(=O)CC)c1. The Bertz CT molecular complexity index is 1380. The van der Waals surface area contributed by atoms with Crippen molar-refractivity contribution in [2.24, 2.45) is 7.05 Å². The maximum atomic E-state index is 13.1. The van der Waals surface area contributed by atoms with Gasteiger partial charge in [-0.1, -0.05) is 13.8 Å². The zero-order valence-electron chi connectivity index (χ0n) is 18.6. The van der Waals surface area contributed by atoms with Crippen molar-refractivity contribution >= 4 is 32.5 Å². The van der Waals surface area contributed by atoms with Gasteiger partial charge in [0.25, 0.3) is 0 Å². The fraction of sp³-hybridized carbons (Fsp3) is 0.400. The maximum absolute atomic E-state index is 13.1. The second-order valence-electron chi connectivity index (χ2n) is 7.44. The Kier molecular flexibility index (Phi) is 6.85. The van der Waals surface area contributed by atoms with Gasteiger partial charge in [0.05, 0.1) is 39.8 Å². The molecule has 0 aromatic carbocycles. The number of imidazole rings is 1. The number of halogens is 6. The highest BCUT2D eigenvalue weighted by Crippen LogP contribution is 2.34. The molecule has 1 amide bonds. The molecule has 0 aliphatic carbocycles. The van der Waals surface area contributed by atoms with Gasteiger partial charge >= 0.3 is 12.4 Å². The minimum Gasteiger partial charge on any atom is -0.324 e. The van der Waals surface area contributed by atoms with E-state index in [0.717, 1.165) is 18.5 Å². The molecule has 3 heterocycles. The molecule has 0 saturated carbocycles. The lowest BCUT2D eigenvalue weighted by Crippen LogP contribution is -2.39. The lowest BCUT2D eigenvalue weighted by molar-refractivity contribution is -0.141. The molecule has 0 saturated heterocycles. The fourth-order valence-electron chi connectivity index (χ4n) is 3.29. The van der Waals surface area contributed by atoms with Crippen molar-refractivity contribution in [1.82, 2.24) is 19.5 Å². The summed E-state index contributed by atoms with van der Waals surface area (Å²) in [5, 5.41) is 0. The summed E-state index contributed by atoms with van der Waals surface area (Å²) in [6.07, 6.45) is -7.98. The number of nitrogens with zero attached hydrogens (tertiary/aromatic N) is 5. The van der Waals surface area contributed by atoms with E-state index in [4.69, 9.17) is 0 Å². The molecule has 35 heavy (non-hydrogen) atoms. The first-order chi connectivity index (χ1) is 16.1. The third kappa shape index (κ3) is 5.39. The molecule has 3 aromatic rings. The summed E-state index contributed by atoms with van der Waals surface area (Å²) in [5.74, 6) is -1.52. The highest BCUT2D eigenvalue weighted by Gasteiger charge is 2.35. The number of carbonyl (C=O) groups is 1. The molecule has 0 bridgehead atoms. The molecule has 8 nitrogen and oxygen atoms in total. The fourth-order valence-corrected chi connectivity index (χ4v) is 4.34. The number of alkyl halides is 6. The van der Waals surface area contributed by atoms with Gasteiger partial charge < -0.3 is 9.47 Å². The molecule has 0 atom stereocenters. The minimum atomic E-state index is -4.77. The highest BCUT2D eigenvalue weighted by atomic mass is 32.2. The predicted octanol–water partition coefficient (Wildman–Crippen LogP) is 4.15. The predicted molar refractivity (Wildman–Crippen MR) is 113 cm³/mol. The Hall–Kier alpha value is -3.23. The topological polar surface area (TPSA) is 98.1 Å². The summed E-state index contributed by atoms with van der Waals surface area (Å²) >= 11 is 0. The number of pyridine rings is 2. The summed E-state index contributed by atoms with van der Waals surface area (Å²) < 4.78 is 105. The van der Waals surface area contributed by atoms with Crippen molar-refractivity contribution in [3.63, 3.8) is 0 Å². The molecule has 0 unspecified atom stereocenters. The van der Waals surface area contributed by atoms with Gasteiger partial charge in [-0.15, -0.1) is 0 Å². The molecule has 0 aliphatic rings. The van der Waals surface area contributed by atoms with Crippen LogP contribution in [0, 0.1) is 0 Å². The number of amides is 1. The van der Waals surface area contributed by atoms with Crippen molar-refractivity contribution < 1.29 is 39.6 Å². The number of aromatic nitrogens is 4. The van der Waals surface area contributed by atoms with Crippen LogP contribution >= 0.6 is 0 Å².